The summed E-state index contributed by atoms with van der Waals surface area (Å²) in [5.41, 5.74) is 0. The lowest BCUT2D eigenvalue weighted by Crippen LogP contribution is -2.43. The number of furan rings is 1. The highest BCUT2D eigenvalue weighted by Gasteiger charge is 2.26. The van der Waals surface area contributed by atoms with Crippen molar-refractivity contribution >= 4 is 11.9 Å². The molecule has 0 radical (unpaired) electrons. The number of carbonyl (C=O) groups is 2. The summed E-state index contributed by atoms with van der Waals surface area (Å²) < 4.78 is 5.15. The summed E-state index contributed by atoms with van der Waals surface area (Å²) in [6, 6.07) is 2.81. The van der Waals surface area contributed by atoms with Gasteiger partial charge in [0, 0.05) is 19.9 Å². The minimum absolute atomic E-state index is 0.176. The van der Waals surface area contributed by atoms with Gasteiger partial charge in [0.2, 0.25) is 5.91 Å². The Bertz CT molecular complexity index is 411. The van der Waals surface area contributed by atoms with Gasteiger partial charge in [-0.25, -0.2) is 4.79 Å². The van der Waals surface area contributed by atoms with Gasteiger partial charge in [-0.05, 0) is 24.5 Å². The van der Waals surface area contributed by atoms with Crippen molar-refractivity contribution < 1.29 is 19.1 Å². The number of carboxylic acids is 1. The van der Waals surface area contributed by atoms with Crippen LogP contribution in [0.1, 0.15) is 32.4 Å². The highest BCUT2D eigenvalue weighted by molar-refractivity contribution is 5.83. The van der Waals surface area contributed by atoms with Gasteiger partial charge in [-0.1, -0.05) is 13.8 Å². The fraction of sp³-hybridized carbons (Fsp3) is 0.571. The topological polar surface area (TPSA) is 70.8 Å². The van der Waals surface area contributed by atoms with Crippen LogP contribution >= 0.6 is 0 Å². The molecule has 0 bridgehead atoms. The number of likely N-dealkylation sites (N-methyl/N-ethyl adjacent to an activating group) is 1. The summed E-state index contributed by atoms with van der Waals surface area (Å²) in [5, 5.41) is 9.18. The molecule has 0 aromatic carbocycles. The molecule has 1 amide bonds. The highest BCUT2D eigenvalue weighted by atomic mass is 16.4. The van der Waals surface area contributed by atoms with E-state index in [1.807, 2.05) is 13.8 Å². The van der Waals surface area contributed by atoms with Crippen LogP contribution in [-0.2, 0) is 16.0 Å². The summed E-state index contributed by atoms with van der Waals surface area (Å²) in [7, 11) is 1.55. The predicted octanol–water partition coefficient (Wildman–Crippen LogP) is 2.17. The summed E-state index contributed by atoms with van der Waals surface area (Å²) in [4.78, 5) is 24.5. The molecule has 106 valence electrons. The van der Waals surface area contributed by atoms with Crippen LogP contribution in [0.25, 0.3) is 0 Å². The number of hydrogen-bond acceptors (Lipinski definition) is 3. The van der Waals surface area contributed by atoms with Gasteiger partial charge >= 0.3 is 5.97 Å². The van der Waals surface area contributed by atoms with Gasteiger partial charge in [-0.15, -0.1) is 0 Å². The van der Waals surface area contributed by atoms with E-state index in [0.29, 0.717) is 12.8 Å². The molecule has 0 spiro atoms. The van der Waals surface area contributed by atoms with Crippen LogP contribution in [0.2, 0.25) is 0 Å². The van der Waals surface area contributed by atoms with Gasteiger partial charge in [0.1, 0.15) is 11.8 Å². The molecule has 0 saturated carbocycles. The van der Waals surface area contributed by atoms with Gasteiger partial charge in [0.15, 0.2) is 0 Å². The Kier molecular flexibility index (Phi) is 5.60. The molecule has 1 atom stereocenters. The third-order valence-corrected chi connectivity index (χ3v) is 3.01. The Hall–Kier alpha value is -1.78. The largest absolute Gasteiger partial charge is 0.480 e. The van der Waals surface area contributed by atoms with Crippen LogP contribution in [0.5, 0.6) is 0 Å². The maximum Gasteiger partial charge on any atom is 0.326 e. The third-order valence-electron chi connectivity index (χ3n) is 3.01. The monoisotopic (exact) mass is 267 g/mol. The SMILES string of the molecule is CC(C)CC(C(=O)O)N(C)C(=O)CCc1ccco1. The van der Waals surface area contributed by atoms with Gasteiger partial charge in [0.25, 0.3) is 0 Å². The Balaban J connectivity index is 2.55. The van der Waals surface area contributed by atoms with Crippen molar-refractivity contribution in [1.29, 1.82) is 0 Å². The Labute approximate surface area is 113 Å². The molecule has 0 fully saturated rings. The van der Waals surface area contributed by atoms with Crippen LogP contribution in [0.4, 0.5) is 0 Å². The first-order chi connectivity index (χ1) is 8.91. The molecule has 0 aliphatic carbocycles. The van der Waals surface area contributed by atoms with Crippen molar-refractivity contribution in [2.24, 2.45) is 5.92 Å². The number of carboxylic acid groups (broad SMARTS) is 1. The number of amides is 1. The maximum absolute atomic E-state index is 12.0. The van der Waals surface area contributed by atoms with E-state index in [1.165, 1.54) is 4.90 Å². The number of rotatable bonds is 7. The normalized spacial score (nSPS) is 12.4. The lowest BCUT2D eigenvalue weighted by molar-refractivity contribution is -0.149. The lowest BCUT2D eigenvalue weighted by Gasteiger charge is -2.26. The molecule has 5 heteroatoms. The number of aryl methyl sites for hydroxylation is 1. The van der Waals surface area contributed by atoms with E-state index in [9.17, 15) is 14.7 Å². The second-order valence-corrected chi connectivity index (χ2v) is 5.07. The zero-order valence-electron chi connectivity index (χ0n) is 11.6. The molecule has 19 heavy (non-hydrogen) atoms. The molecule has 0 saturated heterocycles. The molecule has 5 nitrogen and oxygen atoms in total. The third kappa shape index (κ3) is 4.77. The van der Waals surface area contributed by atoms with Crippen molar-refractivity contribution in [2.75, 3.05) is 7.05 Å². The van der Waals surface area contributed by atoms with Crippen molar-refractivity contribution in [2.45, 2.75) is 39.2 Å². The fourth-order valence-electron chi connectivity index (χ4n) is 1.91. The van der Waals surface area contributed by atoms with Gasteiger partial charge in [-0.3, -0.25) is 4.79 Å². The molecule has 1 aromatic heterocycles. The molecule has 1 unspecified atom stereocenters. The lowest BCUT2D eigenvalue weighted by atomic mass is 10.0. The number of hydrogen-bond donors (Lipinski definition) is 1. The molecule has 1 aromatic rings. The molecular weight excluding hydrogens is 246 g/mol. The van der Waals surface area contributed by atoms with E-state index in [-0.39, 0.29) is 18.2 Å². The first kappa shape index (κ1) is 15.3. The minimum Gasteiger partial charge on any atom is -0.480 e. The maximum atomic E-state index is 12.0. The summed E-state index contributed by atoms with van der Waals surface area (Å²) in [6.45, 7) is 3.88. The number of nitrogens with zero attached hydrogens (tertiary/aromatic N) is 1. The van der Waals surface area contributed by atoms with Gasteiger partial charge in [0.05, 0.1) is 6.26 Å². The van der Waals surface area contributed by atoms with Crippen LogP contribution in [0.3, 0.4) is 0 Å². The average molecular weight is 267 g/mol. The Morgan fingerprint density at radius 2 is 2.11 bits per heavy atom. The van der Waals surface area contributed by atoms with E-state index in [2.05, 4.69) is 0 Å². The molecule has 0 aliphatic rings. The summed E-state index contributed by atoms with van der Waals surface area (Å²) >= 11 is 0. The predicted molar refractivity (Wildman–Crippen MR) is 70.7 cm³/mol. The van der Waals surface area contributed by atoms with Crippen molar-refractivity contribution in [3.63, 3.8) is 0 Å². The second-order valence-electron chi connectivity index (χ2n) is 5.07. The smallest absolute Gasteiger partial charge is 0.326 e. The average Bonchev–Trinajstić information content (AvgIpc) is 2.84. The Morgan fingerprint density at radius 1 is 1.42 bits per heavy atom. The van der Waals surface area contributed by atoms with Crippen LogP contribution in [0.15, 0.2) is 22.8 Å². The first-order valence-electron chi connectivity index (χ1n) is 6.42. The zero-order valence-corrected chi connectivity index (χ0v) is 11.6. The van der Waals surface area contributed by atoms with Gasteiger partial charge < -0.3 is 14.4 Å². The first-order valence-corrected chi connectivity index (χ1v) is 6.42. The van der Waals surface area contributed by atoms with Crippen LogP contribution in [0, 0.1) is 5.92 Å². The van der Waals surface area contributed by atoms with E-state index in [1.54, 1.807) is 25.4 Å². The van der Waals surface area contributed by atoms with E-state index in [0.717, 1.165) is 5.76 Å². The Morgan fingerprint density at radius 3 is 2.58 bits per heavy atom. The molecule has 0 aliphatic heterocycles. The van der Waals surface area contributed by atoms with Gasteiger partial charge in [-0.2, -0.15) is 0 Å². The van der Waals surface area contributed by atoms with Crippen LogP contribution in [-0.4, -0.2) is 35.0 Å². The standard InChI is InChI=1S/C14H21NO4/c1-10(2)9-12(14(17)18)15(3)13(16)7-6-11-5-4-8-19-11/h4-5,8,10,12H,6-7,9H2,1-3H3,(H,17,18). The molecular formula is C14H21NO4. The fourth-order valence-corrected chi connectivity index (χ4v) is 1.91. The zero-order chi connectivity index (χ0) is 14.4. The molecule has 1 rings (SSSR count). The number of carbonyl (C=O) groups excluding carboxylic acids is 1. The summed E-state index contributed by atoms with van der Waals surface area (Å²) in [5.74, 6) is -0.175. The molecule has 1 N–H and O–H groups in total. The van der Waals surface area contributed by atoms with Crippen molar-refractivity contribution in [3.05, 3.63) is 24.2 Å². The second kappa shape index (κ2) is 6.97. The van der Waals surface area contributed by atoms with E-state index < -0.39 is 12.0 Å². The van der Waals surface area contributed by atoms with Crippen molar-refractivity contribution in [1.82, 2.24) is 4.90 Å². The summed E-state index contributed by atoms with van der Waals surface area (Å²) in [6.07, 6.45) is 2.76. The highest BCUT2D eigenvalue weighted by Crippen LogP contribution is 2.13. The van der Waals surface area contributed by atoms with Crippen LogP contribution < -0.4 is 0 Å². The number of aliphatic carboxylic acids is 1. The van der Waals surface area contributed by atoms with E-state index >= 15 is 0 Å². The molecule has 1 heterocycles. The van der Waals surface area contributed by atoms with Crippen molar-refractivity contribution in [3.8, 4) is 0 Å². The minimum atomic E-state index is -0.956. The van der Waals surface area contributed by atoms with E-state index in [4.69, 9.17) is 4.42 Å². The quantitative estimate of drug-likeness (QED) is 0.822.